The van der Waals surface area contributed by atoms with E-state index in [0.29, 0.717) is 12.2 Å². The zero-order valence-electron chi connectivity index (χ0n) is 9.82. The van der Waals surface area contributed by atoms with Crippen LogP contribution in [0.5, 0.6) is 11.5 Å². The molecule has 0 aromatic heterocycles. The highest BCUT2D eigenvalue weighted by molar-refractivity contribution is 5.86. The lowest BCUT2D eigenvalue weighted by Gasteiger charge is -2.12. The highest BCUT2D eigenvalue weighted by Gasteiger charge is 2.32. The van der Waals surface area contributed by atoms with Crippen molar-refractivity contribution in [3.8, 4) is 11.5 Å². The van der Waals surface area contributed by atoms with Gasteiger partial charge < -0.3 is 9.47 Å². The minimum Gasteiger partial charge on any atom is -0.493 e. The molecule has 1 aliphatic heterocycles. The minimum absolute atomic E-state index is 0.00491. The number of ether oxygens (including phenoxy) is 2. The molecule has 1 aromatic carbocycles. The van der Waals surface area contributed by atoms with Crippen molar-refractivity contribution < 1.29 is 14.3 Å². The molecular weight excluding hydrogens is 204 g/mol. The van der Waals surface area contributed by atoms with Crippen LogP contribution in [0.2, 0.25) is 0 Å². The number of para-hydroxylation sites is 1. The normalized spacial score (nSPS) is 18.1. The van der Waals surface area contributed by atoms with E-state index in [1.54, 1.807) is 7.11 Å². The first-order valence-corrected chi connectivity index (χ1v) is 5.49. The fourth-order valence-electron chi connectivity index (χ4n) is 1.93. The zero-order valence-corrected chi connectivity index (χ0v) is 9.82. The summed E-state index contributed by atoms with van der Waals surface area (Å²) in [6.07, 6.45) is 0.315. The van der Waals surface area contributed by atoms with Gasteiger partial charge in [-0.05, 0) is 6.07 Å². The molecule has 1 atom stereocenters. The van der Waals surface area contributed by atoms with E-state index in [2.05, 4.69) is 0 Å². The first kappa shape index (κ1) is 11.0. The maximum absolute atomic E-state index is 11.8. The van der Waals surface area contributed by atoms with Crippen LogP contribution in [-0.4, -0.2) is 19.0 Å². The molecule has 0 N–H and O–H groups in total. The third kappa shape index (κ3) is 1.77. The van der Waals surface area contributed by atoms with Gasteiger partial charge in [-0.1, -0.05) is 26.0 Å². The zero-order chi connectivity index (χ0) is 11.7. The Kier molecular flexibility index (Phi) is 2.86. The molecule has 0 amide bonds. The van der Waals surface area contributed by atoms with Crippen LogP contribution in [-0.2, 0) is 11.2 Å². The third-order valence-corrected chi connectivity index (χ3v) is 2.83. The Labute approximate surface area is 95.4 Å². The third-order valence-electron chi connectivity index (χ3n) is 2.83. The molecular formula is C13H16O3. The molecule has 0 spiro atoms. The summed E-state index contributed by atoms with van der Waals surface area (Å²) in [5, 5.41) is 0. The fourth-order valence-corrected chi connectivity index (χ4v) is 1.93. The van der Waals surface area contributed by atoms with Crippen molar-refractivity contribution in [3.05, 3.63) is 23.8 Å². The molecule has 16 heavy (non-hydrogen) atoms. The standard InChI is InChI=1S/C13H16O3/c1-8(2)12(14)11-7-9-5-4-6-10(15-3)13(9)16-11/h4-6,8,11H,7H2,1-3H3. The molecule has 0 aliphatic carbocycles. The lowest BCUT2D eigenvalue weighted by molar-refractivity contribution is -0.128. The maximum atomic E-state index is 11.8. The van der Waals surface area contributed by atoms with Crippen LogP contribution in [0.1, 0.15) is 19.4 Å². The van der Waals surface area contributed by atoms with Gasteiger partial charge in [-0.25, -0.2) is 0 Å². The van der Waals surface area contributed by atoms with Crippen LogP contribution in [0.15, 0.2) is 18.2 Å². The van der Waals surface area contributed by atoms with Gasteiger partial charge in [0.05, 0.1) is 7.11 Å². The first-order valence-electron chi connectivity index (χ1n) is 5.49. The number of rotatable bonds is 3. The van der Waals surface area contributed by atoms with Gasteiger partial charge in [0.2, 0.25) is 0 Å². The van der Waals surface area contributed by atoms with Crippen molar-refractivity contribution in [2.75, 3.05) is 7.11 Å². The lowest BCUT2D eigenvalue weighted by Crippen LogP contribution is -2.29. The minimum atomic E-state index is -0.341. The van der Waals surface area contributed by atoms with Gasteiger partial charge in [0, 0.05) is 17.9 Å². The second-order valence-electron chi connectivity index (χ2n) is 4.32. The Hall–Kier alpha value is -1.51. The summed E-state index contributed by atoms with van der Waals surface area (Å²) in [6.45, 7) is 3.79. The largest absolute Gasteiger partial charge is 0.493 e. The number of carbonyl (C=O) groups is 1. The van der Waals surface area contributed by atoms with E-state index in [0.717, 1.165) is 11.3 Å². The molecule has 2 rings (SSSR count). The Bertz CT molecular complexity index is 410. The number of carbonyl (C=O) groups excluding carboxylic acids is 1. The Morgan fingerprint density at radius 1 is 1.50 bits per heavy atom. The quantitative estimate of drug-likeness (QED) is 0.783. The maximum Gasteiger partial charge on any atom is 0.176 e. The number of methoxy groups -OCH3 is 1. The average Bonchev–Trinajstić information content (AvgIpc) is 2.70. The SMILES string of the molecule is COc1cccc2c1OC(C(=O)C(C)C)C2. The van der Waals surface area contributed by atoms with Gasteiger partial charge in [0.1, 0.15) is 0 Å². The molecule has 1 unspecified atom stereocenters. The smallest absolute Gasteiger partial charge is 0.176 e. The highest BCUT2D eigenvalue weighted by atomic mass is 16.5. The van der Waals surface area contributed by atoms with Crippen LogP contribution in [0, 0.1) is 5.92 Å². The summed E-state index contributed by atoms with van der Waals surface area (Å²) in [5.41, 5.74) is 1.05. The second-order valence-corrected chi connectivity index (χ2v) is 4.32. The van der Waals surface area contributed by atoms with Crippen LogP contribution in [0.4, 0.5) is 0 Å². The molecule has 3 nitrogen and oxygen atoms in total. The van der Waals surface area contributed by atoms with Crippen molar-refractivity contribution in [3.63, 3.8) is 0 Å². The first-order chi connectivity index (χ1) is 7.63. The summed E-state index contributed by atoms with van der Waals surface area (Å²) in [4.78, 5) is 11.8. The van der Waals surface area contributed by atoms with Crippen LogP contribution in [0.25, 0.3) is 0 Å². The van der Waals surface area contributed by atoms with Crippen molar-refractivity contribution >= 4 is 5.78 Å². The van der Waals surface area contributed by atoms with Gasteiger partial charge in [0.15, 0.2) is 23.4 Å². The molecule has 0 bridgehead atoms. The van der Waals surface area contributed by atoms with E-state index in [1.165, 1.54) is 0 Å². The van der Waals surface area contributed by atoms with E-state index in [1.807, 2.05) is 32.0 Å². The number of fused-ring (bicyclic) bond motifs is 1. The number of benzene rings is 1. The van der Waals surface area contributed by atoms with Crippen LogP contribution < -0.4 is 9.47 Å². The molecule has 0 saturated carbocycles. The van der Waals surface area contributed by atoms with E-state index in [-0.39, 0.29) is 17.8 Å². The van der Waals surface area contributed by atoms with E-state index in [9.17, 15) is 4.79 Å². The van der Waals surface area contributed by atoms with Gasteiger partial charge >= 0.3 is 0 Å². The Balaban J connectivity index is 2.24. The van der Waals surface area contributed by atoms with E-state index >= 15 is 0 Å². The van der Waals surface area contributed by atoms with Crippen molar-refractivity contribution in [2.45, 2.75) is 26.4 Å². The molecule has 3 heteroatoms. The molecule has 86 valence electrons. The monoisotopic (exact) mass is 220 g/mol. The molecule has 0 saturated heterocycles. The number of hydrogen-bond acceptors (Lipinski definition) is 3. The number of ketones is 1. The molecule has 0 radical (unpaired) electrons. The second kappa shape index (κ2) is 4.16. The summed E-state index contributed by atoms with van der Waals surface area (Å²) in [5.74, 6) is 1.59. The number of Topliss-reactive ketones (excluding diaryl/α,β-unsaturated/α-hetero) is 1. The summed E-state index contributed by atoms with van der Waals surface area (Å²) in [6, 6.07) is 5.75. The highest BCUT2D eigenvalue weighted by Crippen LogP contribution is 2.38. The van der Waals surface area contributed by atoms with Crippen LogP contribution >= 0.6 is 0 Å². The van der Waals surface area contributed by atoms with Gasteiger partial charge in [-0.3, -0.25) is 4.79 Å². The van der Waals surface area contributed by atoms with E-state index in [4.69, 9.17) is 9.47 Å². The molecule has 0 fully saturated rings. The topological polar surface area (TPSA) is 35.5 Å². The van der Waals surface area contributed by atoms with Crippen molar-refractivity contribution in [1.29, 1.82) is 0 Å². The molecule has 1 aromatic rings. The van der Waals surface area contributed by atoms with Crippen molar-refractivity contribution in [1.82, 2.24) is 0 Å². The van der Waals surface area contributed by atoms with Crippen molar-refractivity contribution in [2.24, 2.45) is 5.92 Å². The summed E-state index contributed by atoms with van der Waals surface area (Å²) in [7, 11) is 1.61. The number of hydrogen-bond donors (Lipinski definition) is 0. The van der Waals surface area contributed by atoms with Crippen LogP contribution in [0.3, 0.4) is 0 Å². The summed E-state index contributed by atoms with van der Waals surface area (Å²) < 4.78 is 10.9. The average molecular weight is 220 g/mol. The van der Waals surface area contributed by atoms with Gasteiger partial charge in [-0.2, -0.15) is 0 Å². The van der Waals surface area contributed by atoms with Gasteiger partial charge in [-0.15, -0.1) is 0 Å². The molecule has 1 aliphatic rings. The predicted octanol–water partition coefficient (Wildman–Crippen LogP) is 2.22. The predicted molar refractivity (Wildman–Crippen MR) is 61.0 cm³/mol. The fraction of sp³-hybridized carbons (Fsp3) is 0.462. The Morgan fingerprint density at radius 3 is 2.88 bits per heavy atom. The van der Waals surface area contributed by atoms with Gasteiger partial charge in [0.25, 0.3) is 0 Å². The Morgan fingerprint density at radius 2 is 2.25 bits per heavy atom. The van der Waals surface area contributed by atoms with E-state index < -0.39 is 0 Å². The molecule has 1 heterocycles. The lowest BCUT2D eigenvalue weighted by atomic mass is 10.00. The summed E-state index contributed by atoms with van der Waals surface area (Å²) >= 11 is 0.